The third-order valence-electron chi connectivity index (χ3n) is 5.08. The topological polar surface area (TPSA) is 40.6 Å². The van der Waals surface area contributed by atoms with Gasteiger partial charge >= 0.3 is 0 Å². The minimum absolute atomic E-state index is 0.0611. The Morgan fingerprint density at radius 2 is 1.58 bits per heavy atom. The smallest absolute Gasteiger partial charge is 0.255 e. The molecule has 0 N–H and O–H groups in total. The maximum atomic E-state index is 12.8. The Hall–Kier alpha value is -1.55. The van der Waals surface area contributed by atoms with Crippen LogP contribution in [-0.2, 0) is 4.79 Å². The van der Waals surface area contributed by atoms with E-state index in [1.54, 1.807) is 17.0 Å². The van der Waals surface area contributed by atoms with E-state index in [0.29, 0.717) is 23.7 Å². The van der Waals surface area contributed by atoms with Crippen LogP contribution in [0.1, 0.15) is 48.9 Å². The summed E-state index contributed by atoms with van der Waals surface area (Å²) in [6.45, 7) is 2.95. The second-order valence-corrected chi connectivity index (χ2v) is 7.22. The van der Waals surface area contributed by atoms with E-state index >= 15 is 0 Å². The molecule has 0 spiro atoms. The van der Waals surface area contributed by atoms with Gasteiger partial charge in [0, 0.05) is 26.2 Å². The number of piperidine rings is 1. The van der Waals surface area contributed by atoms with Gasteiger partial charge in [-0.2, -0.15) is 0 Å². The van der Waals surface area contributed by atoms with Gasteiger partial charge in [0.05, 0.1) is 16.5 Å². The first-order valence-electron chi connectivity index (χ1n) is 8.99. The summed E-state index contributed by atoms with van der Waals surface area (Å²) < 4.78 is 0. The largest absolute Gasteiger partial charge is 0.342 e. The van der Waals surface area contributed by atoms with E-state index in [9.17, 15) is 9.59 Å². The number of carbonyl (C=O) groups is 2. The summed E-state index contributed by atoms with van der Waals surface area (Å²) in [7, 11) is 0. The predicted molar refractivity (Wildman–Crippen MR) is 95.1 cm³/mol. The average molecular weight is 349 g/mol. The summed E-state index contributed by atoms with van der Waals surface area (Å²) in [5, 5.41) is 0.475. The van der Waals surface area contributed by atoms with Crippen LogP contribution in [-0.4, -0.2) is 47.8 Å². The molecular weight excluding hydrogens is 324 g/mol. The maximum Gasteiger partial charge on any atom is 0.255 e. The summed E-state index contributed by atoms with van der Waals surface area (Å²) in [4.78, 5) is 29.4. The van der Waals surface area contributed by atoms with Crippen LogP contribution in [0.25, 0.3) is 0 Å². The fourth-order valence-corrected chi connectivity index (χ4v) is 3.93. The van der Waals surface area contributed by atoms with Crippen molar-refractivity contribution in [1.82, 2.24) is 9.80 Å². The Morgan fingerprint density at radius 1 is 0.917 bits per heavy atom. The van der Waals surface area contributed by atoms with Gasteiger partial charge in [0.15, 0.2) is 0 Å². The second kappa shape index (κ2) is 8.02. The van der Waals surface area contributed by atoms with Gasteiger partial charge in [-0.1, -0.05) is 36.6 Å². The number of hydrogen-bond donors (Lipinski definition) is 0. The highest BCUT2D eigenvalue weighted by Gasteiger charge is 2.32. The lowest BCUT2D eigenvalue weighted by Crippen LogP contribution is -2.47. The zero-order valence-electron chi connectivity index (χ0n) is 14.0. The van der Waals surface area contributed by atoms with E-state index in [1.807, 2.05) is 17.0 Å². The van der Waals surface area contributed by atoms with E-state index in [-0.39, 0.29) is 17.7 Å². The molecule has 0 saturated carbocycles. The molecular formula is C19H25ClN2O2. The molecule has 24 heavy (non-hydrogen) atoms. The zero-order valence-corrected chi connectivity index (χ0v) is 14.8. The molecule has 5 heteroatoms. The minimum atomic E-state index is -0.0664. The van der Waals surface area contributed by atoms with Gasteiger partial charge in [0.2, 0.25) is 5.91 Å². The van der Waals surface area contributed by atoms with Gasteiger partial charge < -0.3 is 9.80 Å². The third kappa shape index (κ3) is 3.92. The SMILES string of the molecule is O=C(c1ccccc1Cl)N1CCC[C@H](C(=O)N2CCCCCC2)C1. The van der Waals surface area contributed by atoms with Crippen molar-refractivity contribution in [2.24, 2.45) is 5.92 Å². The fraction of sp³-hybridized carbons (Fsp3) is 0.579. The Bertz CT molecular complexity index is 597. The molecule has 2 aliphatic rings. The molecule has 0 unspecified atom stereocenters. The van der Waals surface area contributed by atoms with Crippen LogP contribution in [0.15, 0.2) is 24.3 Å². The first-order chi connectivity index (χ1) is 11.7. The van der Waals surface area contributed by atoms with Crippen LogP contribution in [0.2, 0.25) is 5.02 Å². The number of amides is 2. The van der Waals surface area contributed by atoms with E-state index in [1.165, 1.54) is 12.8 Å². The van der Waals surface area contributed by atoms with Crippen molar-refractivity contribution < 1.29 is 9.59 Å². The van der Waals surface area contributed by atoms with E-state index in [4.69, 9.17) is 11.6 Å². The zero-order chi connectivity index (χ0) is 16.9. The van der Waals surface area contributed by atoms with Crippen molar-refractivity contribution in [2.75, 3.05) is 26.2 Å². The highest BCUT2D eigenvalue weighted by molar-refractivity contribution is 6.33. The molecule has 2 saturated heterocycles. The van der Waals surface area contributed by atoms with Crippen LogP contribution in [0, 0.1) is 5.92 Å². The van der Waals surface area contributed by atoms with Gasteiger partial charge in [-0.15, -0.1) is 0 Å². The summed E-state index contributed by atoms with van der Waals surface area (Å²) in [6, 6.07) is 7.13. The molecule has 2 heterocycles. The molecule has 1 aromatic carbocycles. The average Bonchev–Trinajstić information content (AvgIpc) is 2.90. The molecule has 2 aliphatic heterocycles. The van der Waals surface area contributed by atoms with Crippen molar-refractivity contribution in [2.45, 2.75) is 38.5 Å². The summed E-state index contributed by atoms with van der Waals surface area (Å²) in [6.07, 6.45) is 6.38. The first kappa shape index (κ1) is 17.3. The van der Waals surface area contributed by atoms with E-state index < -0.39 is 0 Å². The Morgan fingerprint density at radius 3 is 2.29 bits per heavy atom. The molecule has 1 atom stereocenters. The lowest BCUT2D eigenvalue weighted by molar-refractivity contribution is -0.136. The third-order valence-corrected chi connectivity index (χ3v) is 5.41. The highest BCUT2D eigenvalue weighted by atomic mass is 35.5. The van der Waals surface area contributed by atoms with Crippen LogP contribution in [0.5, 0.6) is 0 Å². The van der Waals surface area contributed by atoms with Gasteiger partial charge in [0.25, 0.3) is 5.91 Å². The highest BCUT2D eigenvalue weighted by Crippen LogP contribution is 2.24. The number of hydrogen-bond acceptors (Lipinski definition) is 2. The van der Waals surface area contributed by atoms with Crippen molar-refractivity contribution in [3.05, 3.63) is 34.9 Å². The molecule has 0 aromatic heterocycles. The molecule has 2 fully saturated rings. The molecule has 0 radical (unpaired) electrons. The fourth-order valence-electron chi connectivity index (χ4n) is 3.72. The molecule has 3 rings (SSSR count). The molecule has 0 bridgehead atoms. The van der Waals surface area contributed by atoms with Gasteiger partial charge in [-0.25, -0.2) is 0 Å². The number of nitrogens with zero attached hydrogens (tertiary/aromatic N) is 2. The molecule has 0 aliphatic carbocycles. The summed E-state index contributed by atoms with van der Waals surface area (Å²) in [5.74, 6) is 0.103. The minimum Gasteiger partial charge on any atom is -0.342 e. The molecule has 2 amide bonds. The molecule has 130 valence electrons. The summed E-state index contributed by atoms with van der Waals surface area (Å²) >= 11 is 6.15. The number of halogens is 1. The van der Waals surface area contributed by atoms with Crippen molar-refractivity contribution in [3.8, 4) is 0 Å². The van der Waals surface area contributed by atoms with E-state index in [2.05, 4.69) is 0 Å². The van der Waals surface area contributed by atoms with Gasteiger partial charge in [-0.3, -0.25) is 9.59 Å². The summed E-state index contributed by atoms with van der Waals surface area (Å²) in [5.41, 5.74) is 0.530. The monoisotopic (exact) mass is 348 g/mol. The quantitative estimate of drug-likeness (QED) is 0.819. The molecule has 1 aromatic rings. The first-order valence-corrected chi connectivity index (χ1v) is 9.37. The lowest BCUT2D eigenvalue weighted by Gasteiger charge is -2.35. The number of rotatable bonds is 2. The van der Waals surface area contributed by atoms with Crippen molar-refractivity contribution in [1.29, 1.82) is 0 Å². The standard InChI is InChI=1S/C19H25ClN2O2/c20-17-10-4-3-9-16(17)19(24)22-13-7-8-15(14-22)18(23)21-11-5-1-2-6-12-21/h3-4,9-10,15H,1-2,5-8,11-14H2/t15-/m0/s1. The van der Waals surface area contributed by atoms with Crippen molar-refractivity contribution >= 4 is 23.4 Å². The van der Waals surface area contributed by atoms with Crippen molar-refractivity contribution in [3.63, 3.8) is 0 Å². The predicted octanol–water partition coefficient (Wildman–Crippen LogP) is 3.59. The van der Waals surface area contributed by atoms with E-state index in [0.717, 1.165) is 38.8 Å². The maximum absolute atomic E-state index is 12.8. The van der Waals surface area contributed by atoms with Crippen LogP contribution in [0.4, 0.5) is 0 Å². The van der Waals surface area contributed by atoms with Crippen LogP contribution >= 0.6 is 11.6 Å². The Labute approximate surface area is 148 Å². The van der Waals surface area contributed by atoms with Crippen LogP contribution < -0.4 is 0 Å². The van der Waals surface area contributed by atoms with Crippen LogP contribution in [0.3, 0.4) is 0 Å². The second-order valence-electron chi connectivity index (χ2n) is 6.81. The lowest BCUT2D eigenvalue weighted by atomic mass is 9.95. The number of benzene rings is 1. The Kier molecular flexibility index (Phi) is 5.77. The Balaban J connectivity index is 1.66. The number of likely N-dealkylation sites (tertiary alicyclic amines) is 2. The number of carbonyl (C=O) groups excluding carboxylic acids is 2. The van der Waals surface area contributed by atoms with Gasteiger partial charge in [-0.05, 0) is 37.8 Å². The van der Waals surface area contributed by atoms with Gasteiger partial charge in [0.1, 0.15) is 0 Å². The normalized spacial score (nSPS) is 22.1. The molecule has 4 nitrogen and oxygen atoms in total.